The number of rotatable bonds is 2. The summed E-state index contributed by atoms with van der Waals surface area (Å²) in [5.41, 5.74) is 6.68. The summed E-state index contributed by atoms with van der Waals surface area (Å²) in [5.74, 6) is 0.848. The van der Waals surface area contributed by atoms with Gasteiger partial charge >= 0.3 is 0 Å². The number of thiazole rings is 1. The van der Waals surface area contributed by atoms with Crippen LogP contribution in [0.1, 0.15) is 0 Å². The molecule has 0 saturated heterocycles. The Balaban J connectivity index is 2.21. The van der Waals surface area contributed by atoms with Crippen LogP contribution in [0.5, 0.6) is 0 Å². The third-order valence-electron chi connectivity index (χ3n) is 2.42. The summed E-state index contributed by atoms with van der Waals surface area (Å²) in [7, 11) is 1.95. The van der Waals surface area contributed by atoms with Gasteiger partial charge in [0.1, 0.15) is 5.69 Å². The van der Waals surface area contributed by atoms with Gasteiger partial charge < -0.3 is 10.3 Å². The van der Waals surface area contributed by atoms with Crippen molar-refractivity contribution in [3.8, 4) is 21.3 Å². The van der Waals surface area contributed by atoms with Gasteiger partial charge in [-0.1, -0.05) is 17.4 Å². The van der Waals surface area contributed by atoms with E-state index in [-0.39, 0.29) is 0 Å². The van der Waals surface area contributed by atoms with Gasteiger partial charge in [0, 0.05) is 24.3 Å². The second-order valence-corrected chi connectivity index (χ2v) is 5.55. The van der Waals surface area contributed by atoms with Crippen LogP contribution in [-0.4, -0.2) is 14.5 Å². The second kappa shape index (κ2) is 3.97. The lowest BCUT2D eigenvalue weighted by atomic mass is 10.3. The molecule has 3 rings (SSSR count). The Morgan fingerprint density at radius 1 is 1.41 bits per heavy atom. The van der Waals surface area contributed by atoms with E-state index in [1.165, 1.54) is 16.2 Å². The number of anilines is 1. The van der Waals surface area contributed by atoms with Gasteiger partial charge in [-0.05, 0) is 11.4 Å². The van der Waals surface area contributed by atoms with Crippen LogP contribution >= 0.6 is 22.7 Å². The van der Waals surface area contributed by atoms with Crippen LogP contribution in [0.2, 0.25) is 0 Å². The maximum absolute atomic E-state index is 5.82. The first-order chi connectivity index (χ1) is 8.25. The molecule has 3 aromatic rings. The van der Waals surface area contributed by atoms with Gasteiger partial charge in [0.15, 0.2) is 11.0 Å². The molecule has 0 aliphatic rings. The molecule has 17 heavy (non-hydrogen) atoms. The van der Waals surface area contributed by atoms with Crippen molar-refractivity contribution < 1.29 is 0 Å². The van der Waals surface area contributed by atoms with Crippen molar-refractivity contribution in [3.05, 3.63) is 29.9 Å². The zero-order chi connectivity index (χ0) is 11.8. The smallest absolute Gasteiger partial charge is 0.181 e. The summed E-state index contributed by atoms with van der Waals surface area (Å²) in [5, 5.41) is 2.62. The first kappa shape index (κ1) is 10.5. The first-order valence-electron chi connectivity index (χ1n) is 5.03. The molecule has 3 aromatic heterocycles. The number of hydrogen-bond acceptors (Lipinski definition) is 5. The molecule has 4 nitrogen and oxygen atoms in total. The van der Waals surface area contributed by atoms with E-state index in [0.29, 0.717) is 5.13 Å². The topological polar surface area (TPSA) is 56.7 Å². The number of nitrogens with zero attached hydrogens (tertiary/aromatic N) is 3. The van der Waals surface area contributed by atoms with E-state index in [4.69, 9.17) is 5.73 Å². The maximum Gasteiger partial charge on any atom is 0.181 e. The standard InChI is InChI=1S/C11H10N4S2/c1-15-5-4-13-10(15)8-9(17-11(12)14-8)7-3-2-6-16-7/h2-6H,1H3,(H2,12,14). The van der Waals surface area contributed by atoms with Crippen molar-refractivity contribution in [1.82, 2.24) is 14.5 Å². The molecule has 0 atom stereocenters. The van der Waals surface area contributed by atoms with Gasteiger partial charge in [-0.15, -0.1) is 11.3 Å². The molecule has 0 aromatic carbocycles. The van der Waals surface area contributed by atoms with Crippen molar-refractivity contribution >= 4 is 27.8 Å². The van der Waals surface area contributed by atoms with E-state index in [2.05, 4.69) is 16.0 Å². The Bertz CT molecular complexity index is 636. The molecule has 0 radical (unpaired) electrons. The highest BCUT2D eigenvalue weighted by atomic mass is 32.1. The summed E-state index contributed by atoms with van der Waals surface area (Å²) < 4.78 is 1.95. The number of nitrogens with two attached hydrogens (primary N) is 1. The normalized spacial score (nSPS) is 10.9. The Kier molecular flexibility index (Phi) is 2.45. The van der Waals surface area contributed by atoms with Gasteiger partial charge in [-0.3, -0.25) is 0 Å². The van der Waals surface area contributed by atoms with Gasteiger partial charge in [-0.2, -0.15) is 0 Å². The minimum Gasteiger partial charge on any atom is -0.375 e. The zero-order valence-corrected chi connectivity index (χ0v) is 10.8. The fourth-order valence-corrected chi connectivity index (χ4v) is 3.34. The van der Waals surface area contributed by atoms with Crippen LogP contribution in [0, 0.1) is 0 Å². The number of thiophene rings is 1. The molecule has 6 heteroatoms. The molecule has 0 aliphatic heterocycles. The lowest BCUT2D eigenvalue weighted by Gasteiger charge is -2.00. The van der Waals surface area contributed by atoms with Crippen LogP contribution in [0.3, 0.4) is 0 Å². The summed E-state index contributed by atoms with van der Waals surface area (Å²) >= 11 is 3.19. The monoisotopic (exact) mass is 262 g/mol. The van der Waals surface area contributed by atoms with Crippen molar-refractivity contribution in [2.24, 2.45) is 7.05 Å². The summed E-state index contributed by atoms with van der Waals surface area (Å²) in [4.78, 5) is 11.0. The van der Waals surface area contributed by atoms with Crippen molar-refractivity contribution in [1.29, 1.82) is 0 Å². The highest BCUT2D eigenvalue weighted by molar-refractivity contribution is 7.23. The van der Waals surface area contributed by atoms with Crippen LogP contribution < -0.4 is 5.73 Å². The van der Waals surface area contributed by atoms with Crippen molar-refractivity contribution in [2.45, 2.75) is 0 Å². The lowest BCUT2D eigenvalue weighted by Crippen LogP contribution is -1.93. The average molecular weight is 262 g/mol. The van der Waals surface area contributed by atoms with E-state index in [1.54, 1.807) is 17.5 Å². The third kappa shape index (κ3) is 1.75. The highest BCUT2D eigenvalue weighted by Crippen LogP contribution is 2.39. The van der Waals surface area contributed by atoms with Crippen LogP contribution in [0.25, 0.3) is 21.3 Å². The first-order valence-corrected chi connectivity index (χ1v) is 6.73. The van der Waals surface area contributed by atoms with E-state index >= 15 is 0 Å². The molecule has 0 unspecified atom stereocenters. The molecular formula is C11H10N4S2. The van der Waals surface area contributed by atoms with Crippen molar-refractivity contribution in [3.63, 3.8) is 0 Å². The Morgan fingerprint density at radius 3 is 2.94 bits per heavy atom. The summed E-state index contributed by atoms with van der Waals surface area (Å²) in [6, 6.07) is 4.10. The molecular weight excluding hydrogens is 252 g/mol. The van der Waals surface area contributed by atoms with Gasteiger partial charge in [0.2, 0.25) is 0 Å². The molecule has 86 valence electrons. The van der Waals surface area contributed by atoms with E-state index < -0.39 is 0 Å². The SMILES string of the molecule is Cn1ccnc1-c1nc(N)sc1-c1cccs1. The number of imidazole rings is 1. The largest absolute Gasteiger partial charge is 0.375 e. The highest BCUT2D eigenvalue weighted by Gasteiger charge is 2.17. The van der Waals surface area contributed by atoms with Crippen molar-refractivity contribution in [2.75, 3.05) is 5.73 Å². The molecule has 0 amide bonds. The summed E-state index contributed by atoms with van der Waals surface area (Å²) in [6.45, 7) is 0. The second-order valence-electron chi connectivity index (χ2n) is 3.57. The average Bonchev–Trinajstić information content (AvgIpc) is 2.97. The van der Waals surface area contributed by atoms with Gasteiger partial charge in [-0.25, -0.2) is 9.97 Å². The minimum atomic E-state index is 0.575. The van der Waals surface area contributed by atoms with E-state index in [1.807, 2.05) is 29.3 Å². The maximum atomic E-state index is 5.82. The fourth-order valence-electron chi connectivity index (χ4n) is 1.66. The predicted molar refractivity (Wildman–Crippen MR) is 72.0 cm³/mol. The van der Waals surface area contributed by atoms with E-state index in [0.717, 1.165) is 16.4 Å². The predicted octanol–water partition coefficient (Wildman–Crippen LogP) is 2.85. The Labute approximate surface area is 106 Å². The number of nitrogen functional groups attached to an aromatic ring is 1. The summed E-state index contributed by atoms with van der Waals surface area (Å²) in [6.07, 6.45) is 3.67. The molecule has 0 bridgehead atoms. The molecule has 0 aliphatic carbocycles. The Morgan fingerprint density at radius 2 is 2.29 bits per heavy atom. The van der Waals surface area contributed by atoms with Gasteiger partial charge in [0.05, 0.1) is 4.88 Å². The third-order valence-corrected chi connectivity index (χ3v) is 4.36. The zero-order valence-electron chi connectivity index (χ0n) is 9.12. The molecule has 0 spiro atoms. The number of aromatic nitrogens is 3. The van der Waals surface area contributed by atoms with Crippen LogP contribution in [0.15, 0.2) is 29.9 Å². The fraction of sp³-hybridized carbons (Fsp3) is 0.0909. The van der Waals surface area contributed by atoms with Crippen LogP contribution in [-0.2, 0) is 7.05 Å². The molecule has 3 heterocycles. The molecule has 0 fully saturated rings. The van der Waals surface area contributed by atoms with E-state index in [9.17, 15) is 0 Å². The molecule has 0 saturated carbocycles. The number of hydrogen-bond donors (Lipinski definition) is 1. The number of aryl methyl sites for hydroxylation is 1. The quantitative estimate of drug-likeness (QED) is 0.772. The Hall–Kier alpha value is -1.66. The lowest BCUT2D eigenvalue weighted by molar-refractivity contribution is 0.920. The molecule has 2 N–H and O–H groups in total. The minimum absolute atomic E-state index is 0.575. The van der Waals surface area contributed by atoms with Gasteiger partial charge in [0.25, 0.3) is 0 Å². The van der Waals surface area contributed by atoms with Crippen LogP contribution in [0.4, 0.5) is 5.13 Å².